The van der Waals surface area contributed by atoms with Crippen LogP contribution in [-0.2, 0) is 0 Å². The predicted molar refractivity (Wildman–Crippen MR) is 56.2 cm³/mol. The van der Waals surface area contributed by atoms with Crippen molar-refractivity contribution in [2.24, 2.45) is 5.73 Å². The Balaban J connectivity index is 2.59. The molecular weight excluding hydrogens is 178 g/mol. The summed E-state index contributed by atoms with van der Waals surface area (Å²) in [5, 5.41) is 8.56. The van der Waals surface area contributed by atoms with Crippen molar-refractivity contribution in [3.05, 3.63) is 29.8 Å². The minimum atomic E-state index is 0.0379. The molecule has 0 heterocycles. The van der Waals surface area contributed by atoms with Crippen molar-refractivity contribution in [1.29, 1.82) is 0 Å². The van der Waals surface area contributed by atoms with Crippen LogP contribution in [0, 0.1) is 0 Å². The molecule has 3 N–H and O–H groups in total. The zero-order valence-electron chi connectivity index (χ0n) is 8.44. The molecule has 0 aromatic heterocycles. The molecule has 0 radical (unpaired) electrons. The zero-order chi connectivity index (χ0) is 10.4. The quantitative estimate of drug-likeness (QED) is 0.748. The summed E-state index contributed by atoms with van der Waals surface area (Å²) < 4.78 is 5.23. The van der Waals surface area contributed by atoms with Gasteiger partial charge in [-0.25, -0.2) is 0 Å². The lowest BCUT2D eigenvalue weighted by Gasteiger charge is -2.10. The van der Waals surface area contributed by atoms with Gasteiger partial charge in [0, 0.05) is 6.04 Å². The van der Waals surface area contributed by atoms with Gasteiger partial charge in [0.25, 0.3) is 0 Å². The second kappa shape index (κ2) is 5.62. The van der Waals surface area contributed by atoms with E-state index in [1.54, 1.807) is 0 Å². The molecule has 3 nitrogen and oxygen atoms in total. The predicted octanol–water partition coefficient (Wildman–Crippen LogP) is 1.47. The molecule has 0 bridgehead atoms. The van der Waals surface area contributed by atoms with Gasteiger partial charge in [-0.1, -0.05) is 19.1 Å². The third-order valence-electron chi connectivity index (χ3n) is 2.11. The molecule has 3 heteroatoms. The summed E-state index contributed by atoms with van der Waals surface area (Å²) in [6.45, 7) is 2.43. The minimum absolute atomic E-state index is 0.0379. The van der Waals surface area contributed by atoms with Crippen LogP contribution in [0.2, 0.25) is 0 Å². The van der Waals surface area contributed by atoms with E-state index in [-0.39, 0.29) is 12.6 Å². The van der Waals surface area contributed by atoms with Crippen molar-refractivity contribution >= 4 is 0 Å². The molecule has 0 saturated carbocycles. The number of hydrogen-bond donors (Lipinski definition) is 2. The highest BCUT2D eigenvalue weighted by molar-refractivity contribution is 5.28. The largest absolute Gasteiger partial charge is 0.491 e. The molecule has 14 heavy (non-hydrogen) atoms. The van der Waals surface area contributed by atoms with Gasteiger partial charge in [0.2, 0.25) is 0 Å². The summed E-state index contributed by atoms with van der Waals surface area (Å²) in [6.07, 6.45) is 0.927. The van der Waals surface area contributed by atoms with Gasteiger partial charge in [-0.3, -0.25) is 0 Å². The molecule has 1 atom stereocenters. The van der Waals surface area contributed by atoms with Gasteiger partial charge in [-0.15, -0.1) is 0 Å². The smallest absolute Gasteiger partial charge is 0.119 e. The van der Waals surface area contributed by atoms with E-state index in [4.69, 9.17) is 15.6 Å². The van der Waals surface area contributed by atoms with Gasteiger partial charge < -0.3 is 15.6 Å². The Morgan fingerprint density at radius 3 is 2.50 bits per heavy atom. The van der Waals surface area contributed by atoms with E-state index in [2.05, 4.69) is 6.92 Å². The number of benzene rings is 1. The number of hydrogen-bond acceptors (Lipinski definition) is 3. The summed E-state index contributed by atoms with van der Waals surface area (Å²) in [5.41, 5.74) is 6.98. The van der Waals surface area contributed by atoms with Gasteiger partial charge in [0.15, 0.2) is 0 Å². The fourth-order valence-corrected chi connectivity index (χ4v) is 1.21. The van der Waals surface area contributed by atoms with Crippen LogP contribution in [-0.4, -0.2) is 18.3 Å². The Bertz CT molecular complexity index is 258. The number of rotatable bonds is 5. The fourth-order valence-electron chi connectivity index (χ4n) is 1.21. The minimum Gasteiger partial charge on any atom is -0.491 e. The van der Waals surface area contributed by atoms with Crippen LogP contribution in [0.15, 0.2) is 24.3 Å². The molecule has 0 saturated heterocycles. The monoisotopic (exact) mass is 195 g/mol. The molecule has 0 aliphatic rings. The second-order valence-corrected chi connectivity index (χ2v) is 3.16. The number of aliphatic hydroxyl groups is 1. The highest BCUT2D eigenvalue weighted by atomic mass is 16.5. The van der Waals surface area contributed by atoms with Gasteiger partial charge in [0.1, 0.15) is 12.4 Å². The highest BCUT2D eigenvalue weighted by Gasteiger charge is 2.02. The summed E-state index contributed by atoms with van der Waals surface area (Å²) in [7, 11) is 0. The molecule has 0 amide bonds. The van der Waals surface area contributed by atoms with E-state index in [1.165, 1.54) is 0 Å². The summed E-state index contributed by atoms with van der Waals surface area (Å²) in [6, 6.07) is 7.77. The third-order valence-corrected chi connectivity index (χ3v) is 2.11. The van der Waals surface area contributed by atoms with Crippen molar-refractivity contribution in [2.45, 2.75) is 19.4 Å². The molecule has 78 valence electrons. The number of ether oxygens (including phenoxy) is 1. The first-order valence-electron chi connectivity index (χ1n) is 4.87. The molecular formula is C11H17NO2. The summed E-state index contributed by atoms with van der Waals surface area (Å²) >= 11 is 0. The normalized spacial score (nSPS) is 12.5. The SMILES string of the molecule is CC[C@@H](N)c1ccc(OCCO)cc1. The molecule has 0 spiro atoms. The molecule has 1 aromatic rings. The first-order chi connectivity index (χ1) is 6.77. The van der Waals surface area contributed by atoms with Crippen LogP contribution in [0.1, 0.15) is 24.9 Å². The maximum absolute atomic E-state index is 8.56. The lowest BCUT2D eigenvalue weighted by Crippen LogP contribution is -2.08. The van der Waals surface area contributed by atoms with Crippen LogP contribution in [0.5, 0.6) is 5.75 Å². The Labute approximate surface area is 84.5 Å². The highest BCUT2D eigenvalue weighted by Crippen LogP contribution is 2.17. The van der Waals surface area contributed by atoms with E-state index < -0.39 is 0 Å². The Hall–Kier alpha value is -1.06. The zero-order valence-corrected chi connectivity index (χ0v) is 8.44. The Morgan fingerprint density at radius 2 is 2.00 bits per heavy atom. The van der Waals surface area contributed by atoms with E-state index in [9.17, 15) is 0 Å². The first kappa shape index (κ1) is 11.0. The van der Waals surface area contributed by atoms with Crippen molar-refractivity contribution in [2.75, 3.05) is 13.2 Å². The Morgan fingerprint density at radius 1 is 1.36 bits per heavy atom. The topological polar surface area (TPSA) is 55.5 Å². The first-order valence-corrected chi connectivity index (χ1v) is 4.87. The van der Waals surface area contributed by atoms with E-state index in [1.807, 2.05) is 24.3 Å². The summed E-state index contributed by atoms with van der Waals surface area (Å²) in [5.74, 6) is 0.770. The van der Waals surface area contributed by atoms with Crippen molar-refractivity contribution < 1.29 is 9.84 Å². The Kier molecular flexibility index (Phi) is 4.43. The number of nitrogens with two attached hydrogens (primary N) is 1. The van der Waals surface area contributed by atoms with Crippen LogP contribution < -0.4 is 10.5 Å². The van der Waals surface area contributed by atoms with Crippen LogP contribution >= 0.6 is 0 Å². The average molecular weight is 195 g/mol. The number of aliphatic hydroxyl groups excluding tert-OH is 1. The van der Waals surface area contributed by atoms with E-state index in [0.717, 1.165) is 17.7 Å². The van der Waals surface area contributed by atoms with E-state index >= 15 is 0 Å². The standard InChI is InChI=1S/C11H17NO2/c1-2-11(12)9-3-5-10(6-4-9)14-8-7-13/h3-6,11,13H,2,7-8,12H2,1H3/t11-/m1/s1. The van der Waals surface area contributed by atoms with E-state index in [0.29, 0.717) is 6.61 Å². The third kappa shape index (κ3) is 3.01. The molecule has 0 unspecified atom stereocenters. The van der Waals surface area contributed by atoms with Crippen molar-refractivity contribution in [1.82, 2.24) is 0 Å². The van der Waals surface area contributed by atoms with Gasteiger partial charge >= 0.3 is 0 Å². The lowest BCUT2D eigenvalue weighted by atomic mass is 10.1. The molecule has 1 rings (SSSR count). The van der Waals surface area contributed by atoms with Gasteiger partial charge in [-0.05, 0) is 24.1 Å². The van der Waals surface area contributed by atoms with Crippen molar-refractivity contribution in [3.63, 3.8) is 0 Å². The maximum atomic E-state index is 8.56. The van der Waals surface area contributed by atoms with Gasteiger partial charge in [0.05, 0.1) is 6.61 Å². The van der Waals surface area contributed by atoms with Gasteiger partial charge in [-0.2, -0.15) is 0 Å². The molecule has 0 aliphatic heterocycles. The van der Waals surface area contributed by atoms with Crippen LogP contribution in [0.3, 0.4) is 0 Å². The molecule has 0 fully saturated rings. The summed E-state index contributed by atoms with van der Waals surface area (Å²) in [4.78, 5) is 0. The lowest BCUT2D eigenvalue weighted by molar-refractivity contribution is 0.201. The molecule has 1 aromatic carbocycles. The van der Waals surface area contributed by atoms with Crippen molar-refractivity contribution in [3.8, 4) is 5.75 Å². The van der Waals surface area contributed by atoms with Crippen LogP contribution in [0.25, 0.3) is 0 Å². The fraction of sp³-hybridized carbons (Fsp3) is 0.455. The van der Waals surface area contributed by atoms with Crippen LogP contribution in [0.4, 0.5) is 0 Å². The molecule has 0 aliphatic carbocycles. The maximum Gasteiger partial charge on any atom is 0.119 e. The second-order valence-electron chi connectivity index (χ2n) is 3.16. The average Bonchev–Trinajstić information content (AvgIpc) is 2.26.